The van der Waals surface area contributed by atoms with E-state index in [0.29, 0.717) is 18.9 Å². The van der Waals surface area contributed by atoms with Crippen molar-refractivity contribution in [2.45, 2.75) is 45.8 Å². The van der Waals surface area contributed by atoms with Gasteiger partial charge >= 0.3 is 0 Å². The van der Waals surface area contributed by atoms with E-state index in [0.717, 1.165) is 19.5 Å². The van der Waals surface area contributed by atoms with Crippen LogP contribution in [0.4, 0.5) is 0 Å². The number of carbonyl (C=O) groups excluding carboxylic acids is 1. The monoisotopic (exact) mass is 304 g/mol. The van der Waals surface area contributed by atoms with Crippen molar-refractivity contribution in [3.8, 4) is 0 Å². The smallest absolute Gasteiger partial charge is 0.223 e. The number of hydrogen-bond acceptors (Lipinski definition) is 3. The molecule has 1 aliphatic heterocycles. The zero-order chi connectivity index (χ0) is 15.9. The first kappa shape index (κ1) is 17.0. The van der Waals surface area contributed by atoms with E-state index in [1.807, 2.05) is 0 Å². The third-order valence-corrected chi connectivity index (χ3v) is 4.15. The molecule has 0 spiro atoms. The van der Waals surface area contributed by atoms with E-state index in [1.54, 1.807) is 0 Å². The van der Waals surface area contributed by atoms with Crippen LogP contribution in [0.2, 0.25) is 0 Å². The Morgan fingerprint density at radius 3 is 2.64 bits per heavy atom. The van der Waals surface area contributed by atoms with Crippen LogP contribution < -0.4 is 10.6 Å². The van der Waals surface area contributed by atoms with E-state index in [9.17, 15) is 4.79 Å². The number of hydrogen-bond donors (Lipinski definition) is 2. The van der Waals surface area contributed by atoms with Crippen LogP contribution in [0.1, 0.15) is 44.4 Å². The molecule has 1 aromatic carbocycles. The van der Waals surface area contributed by atoms with E-state index in [2.05, 4.69) is 55.7 Å². The number of carbonyl (C=O) groups is 1. The van der Waals surface area contributed by atoms with Crippen LogP contribution in [-0.4, -0.2) is 31.7 Å². The van der Waals surface area contributed by atoms with Gasteiger partial charge in [-0.25, -0.2) is 0 Å². The van der Waals surface area contributed by atoms with Gasteiger partial charge in [0.1, 0.15) is 0 Å². The predicted molar refractivity (Wildman–Crippen MR) is 88.8 cm³/mol. The third-order valence-electron chi connectivity index (χ3n) is 4.15. The van der Waals surface area contributed by atoms with Crippen LogP contribution in [-0.2, 0) is 16.0 Å². The Bertz CT molecular complexity index is 464. The number of rotatable bonds is 6. The second kappa shape index (κ2) is 8.30. The van der Waals surface area contributed by atoms with Gasteiger partial charge in [-0.1, -0.05) is 45.0 Å². The van der Waals surface area contributed by atoms with E-state index in [1.165, 1.54) is 11.1 Å². The SMILES string of the molecule is CCc1ccc(C(NC(=O)CC2CNCCO2)C(C)C)cc1. The highest BCUT2D eigenvalue weighted by Crippen LogP contribution is 2.22. The molecule has 1 heterocycles. The van der Waals surface area contributed by atoms with Gasteiger partial charge in [0.15, 0.2) is 0 Å². The minimum atomic E-state index is -0.0102. The topological polar surface area (TPSA) is 50.4 Å². The van der Waals surface area contributed by atoms with Gasteiger partial charge in [0.2, 0.25) is 5.91 Å². The van der Waals surface area contributed by atoms with Crippen molar-refractivity contribution in [1.29, 1.82) is 0 Å². The van der Waals surface area contributed by atoms with E-state index >= 15 is 0 Å². The first-order valence-electron chi connectivity index (χ1n) is 8.30. The van der Waals surface area contributed by atoms with Crippen molar-refractivity contribution in [3.63, 3.8) is 0 Å². The molecule has 1 aliphatic rings. The maximum atomic E-state index is 12.3. The van der Waals surface area contributed by atoms with E-state index < -0.39 is 0 Å². The molecule has 4 heteroatoms. The summed E-state index contributed by atoms with van der Waals surface area (Å²) in [5, 5.41) is 6.43. The molecule has 0 saturated carbocycles. The van der Waals surface area contributed by atoms with E-state index in [4.69, 9.17) is 4.74 Å². The molecule has 1 fully saturated rings. The number of morpholine rings is 1. The lowest BCUT2D eigenvalue weighted by Crippen LogP contribution is -2.42. The third kappa shape index (κ3) is 4.82. The molecule has 2 rings (SSSR count). The van der Waals surface area contributed by atoms with Gasteiger partial charge in [-0.05, 0) is 23.5 Å². The molecule has 1 amide bonds. The van der Waals surface area contributed by atoms with Crippen LogP contribution in [0.3, 0.4) is 0 Å². The summed E-state index contributed by atoms with van der Waals surface area (Å²) in [4.78, 5) is 12.3. The Hall–Kier alpha value is -1.39. The minimum absolute atomic E-state index is 0.0102. The number of nitrogens with one attached hydrogen (secondary N) is 2. The highest BCUT2D eigenvalue weighted by molar-refractivity contribution is 5.77. The second-order valence-electron chi connectivity index (χ2n) is 6.29. The van der Waals surface area contributed by atoms with Gasteiger partial charge in [-0.2, -0.15) is 0 Å². The number of ether oxygens (including phenoxy) is 1. The van der Waals surface area contributed by atoms with Crippen molar-refractivity contribution in [1.82, 2.24) is 10.6 Å². The molecule has 22 heavy (non-hydrogen) atoms. The Morgan fingerprint density at radius 2 is 2.09 bits per heavy atom. The fourth-order valence-corrected chi connectivity index (χ4v) is 2.79. The minimum Gasteiger partial charge on any atom is -0.375 e. The van der Waals surface area contributed by atoms with Crippen molar-refractivity contribution in [3.05, 3.63) is 35.4 Å². The number of aryl methyl sites for hydroxylation is 1. The highest BCUT2D eigenvalue weighted by atomic mass is 16.5. The van der Waals surface area contributed by atoms with Crippen LogP contribution >= 0.6 is 0 Å². The largest absolute Gasteiger partial charge is 0.375 e. The number of benzene rings is 1. The zero-order valence-corrected chi connectivity index (χ0v) is 13.9. The lowest BCUT2D eigenvalue weighted by Gasteiger charge is -2.26. The summed E-state index contributed by atoms with van der Waals surface area (Å²) in [6, 6.07) is 8.59. The Labute approximate surface area is 133 Å². The summed E-state index contributed by atoms with van der Waals surface area (Å²) in [5.74, 6) is 0.411. The normalized spacial score (nSPS) is 19.9. The van der Waals surface area contributed by atoms with Crippen LogP contribution in [0.15, 0.2) is 24.3 Å². The van der Waals surface area contributed by atoms with Crippen molar-refractivity contribution in [2.75, 3.05) is 19.7 Å². The summed E-state index contributed by atoms with van der Waals surface area (Å²) < 4.78 is 5.60. The van der Waals surface area contributed by atoms with Crippen LogP contribution in [0.5, 0.6) is 0 Å². The molecule has 0 aliphatic carbocycles. The summed E-state index contributed by atoms with van der Waals surface area (Å²) in [5.41, 5.74) is 2.49. The molecular formula is C18H28N2O2. The molecule has 2 unspecified atom stereocenters. The van der Waals surface area contributed by atoms with Gasteiger partial charge in [0.05, 0.1) is 25.2 Å². The van der Waals surface area contributed by atoms with E-state index in [-0.39, 0.29) is 18.1 Å². The molecule has 1 saturated heterocycles. The summed E-state index contributed by atoms with van der Waals surface area (Å²) in [7, 11) is 0. The van der Waals surface area contributed by atoms with Crippen molar-refractivity contribution in [2.24, 2.45) is 5.92 Å². The highest BCUT2D eigenvalue weighted by Gasteiger charge is 2.22. The van der Waals surface area contributed by atoms with Crippen molar-refractivity contribution < 1.29 is 9.53 Å². The Balaban J connectivity index is 1.96. The maximum absolute atomic E-state index is 12.3. The lowest BCUT2D eigenvalue weighted by molar-refractivity contribution is -0.125. The fourth-order valence-electron chi connectivity index (χ4n) is 2.79. The lowest BCUT2D eigenvalue weighted by atomic mass is 9.94. The number of amides is 1. The van der Waals surface area contributed by atoms with Gasteiger partial charge in [0.25, 0.3) is 0 Å². The molecule has 122 valence electrons. The van der Waals surface area contributed by atoms with Gasteiger partial charge in [0, 0.05) is 13.1 Å². The standard InChI is InChI=1S/C18H28N2O2/c1-4-14-5-7-15(8-6-14)18(13(2)3)20-17(21)11-16-12-19-9-10-22-16/h5-8,13,16,18-19H,4,9-12H2,1-3H3,(H,20,21). The molecule has 1 aromatic rings. The molecular weight excluding hydrogens is 276 g/mol. The first-order valence-corrected chi connectivity index (χ1v) is 8.30. The Kier molecular flexibility index (Phi) is 6.40. The summed E-state index contributed by atoms with van der Waals surface area (Å²) in [6.07, 6.45) is 1.44. The fraction of sp³-hybridized carbons (Fsp3) is 0.611. The molecule has 0 aromatic heterocycles. The summed E-state index contributed by atoms with van der Waals surface area (Å²) >= 11 is 0. The summed E-state index contributed by atoms with van der Waals surface area (Å²) in [6.45, 7) is 8.73. The average Bonchev–Trinajstić information content (AvgIpc) is 2.53. The van der Waals surface area contributed by atoms with Gasteiger partial charge < -0.3 is 15.4 Å². The van der Waals surface area contributed by atoms with Crippen LogP contribution in [0.25, 0.3) is 0 Å². The molecule has 0 bridgehead atoms. The molecule has 4 nitrogen and oxygen atoms in total. The molecule has 2 atom stereocenters. The molecule has 2 N–H and O–H groups in total. The van der Waals surface area contributed by atoms with Crippen LogP contribution in [0, 0.1) is 5.92 Å². The van der Waals surface area contributed by atoms with Gasteiger partial charge in [-0.3, -0.25) is 4.79 Å². The quantitative estimate of drug-likeness (QED) is 0.849. The second-order valence-corrected chi connectivity index (χ2v) is 6.29. The Morgan fingerprint density at radius 1 is 1.36 bits per heavy atom. The maximum Gasteiger partial charge on any atom is 0.223 e. The predicted octanol–water partition coefficient (Wildman–Crippen LogP) is 2.44. The average molecular weight is 304 g/mol. The van der Waals surface area contributed by atoms with Crippen molar-refractivity contribution >= 4 is 5.91 Å². The molecule has 0 radical (unpaired) electrons. The van der Waals surface area contributed by atoms with Gasteiger partial charge in [-0.15, -0.1) is 0 Å². The zero-order valence-electron chi connectivity index (χ0n) is 13.9. The first-order chi connectivity index (χ1) is 10.6.